The molecule has 164 valence electrons. The highest BCUT2D eigenvalue weighted by atomic mass is 16.5. The van der Waals surface area contributed by atoms with Crippen molar-refractivity contribution in [3.63, 3.8) is 0 Å². The quantitative estimate of drug-likeness (QED) is 0.307. The van der Waals surface area contributed by atoms with Crippen molar-refractivity contribution in [2.75, 3.05) is 7.11 Å². The van der Waals surface area contributed by atoms with Crippen molar-refractivity contribution in [3.05, 3.63) is 113 Å². The average molecular weight is 443 g/mol. The first kappa shape index (κ1) is 20.2. The molecule has 0 saturated carbocycles. The molecule has 4 heteroatoms. The van der Waals surface area contributed by atoms with Gasteiger partial charge in [0.05, 0.1) is 24.0 Å². The molecule has 6 rings (SSSR count). The average Bonchev–Trinajstić information content (AvgIpc) is 2.88. The Hall–Kier alpha value is -4.44. The van der Waals surface area contributed by atoms with Gasteiger partial charge in [0.1, 0.15) is 5.75 Å². The summed E-state index contributed by atoms with van der Waals surface area (Å²) in [6, 6.07) is 30.0. The minimum atomic E-state index is -0.0793. The number of rotatable bonds is 3. The van der Waals surface area contributed by atoms with Crippen molar-refractivity contribution in [1.29, 1.82) is 0 Å². The molecule has 0 saturated heterocycles. The summed E-state index contributed by atoms with van der Waals surface area (Å²) >= 11 is 0. The predicted octanol–water partition coefficient (Wildman–Crippen LogP) is 6.68. The van der Waals surface area contributed by atoms with E-state index in [1.54, 1.807) is 13.3 Å². The Kier molecular flexibility index (Phi) is 4.66. The number of benzene rings is 4. The number of nitrogens with zero attached hydrogens (tertiary/aromatic N) is 2. The Balaban J connectivity index is 1.87. The molecule has 2 heterocycles. The molecule has 0 radical (unpaired) electrons. The topological polar surface area (TPSA) is 44.1 Å². The Labute approximate surface area is 196 Å². The summed E-state index contributed by atoms with van der Waals surface area (Å²) in [5, 5.41) is 4.64. The lowest BCUT2D eigenvalue weighted by molar-refractivity contribution is 0.416. The van der Waals surface area contributed by atoms with Gasteiger partial charge in [-0.25, -0.2) is 0 Å². The number of pyridine rings is 2. The maximum absolute atomic E-state index is 14.1. The van der Waals surface area contributed by atoms with Crippen LogP contribution in [0.1, 0.15) is 5.56 Å². The summed E-state index contributed by atoms with van der Waals surface area (Å²) in [5.74, 6) is 0.716. The normalized spacial score (nSPS) is 11.4. The number of aromatic nitrogens is 2. The van der Waals surface area contributed by atoms with Gasteiger partial charge in [-0.3, -0.25) is 14.3 Å². The summed E-state index contributed by atoms with van der Waals surface area (Å²) in [7, 11) is 1.67. The van der Waals surface area contributed by atoms with E-state index in [2.05, 4.69) is 23.2 Å². The van der Waals surface area contributed by atoms with Gasteiger partial charge < -0.3 is 4.74 Å². The molecule has 0 amide bonds. The lowest BCUT2D eigenvalue weighted by Crippen LogP contribution is -2.22. The molecule has 2 aromatic heterocycles. The lowest BCUT2D eigenvalue weighted by Gasteiger charge is -2.21. The second-order valence-electron chi connectivity index (χ2n) is 8.43. The fourth-order valence-corrected chi connectivity index (χ4v) is 4.86. The monoisotopic (exact) mass is 442 g/mol. The van der Waals surface area contributed by atoms with Crippen LogP contribution in [-0.4, -0.2) is 16.7 Å². The third-order valence-electron chi connectivity index (χ3n) is 6.47. The van der Waals surface area contributed by atoms with Gasteiger partial charge >= 0.3 is 0 Å². The van der Waals surface area contributed by atoms with Gasteiger partial charge in [-0.2, -0.15) is 0 Å². The maximum Gasteiger partial charge on any atom is 0.263 e. The molecule has 0 bridgehead atoms. The Morgan fingerprint density at radius 3 is 2.29 bits per heavy atom. The smallest absolute Gasteiger partial charge is 0.263 e. The molecule has 34 heavy (non-hydrogen) atoms. The lowest BCUT2D eigenvalue weighted by atomic mass is 9.97. The number of hydrogen-bond acceptors (Lipinski definition) is 3. The van der Waals surface area contributed by atoms with Crippen LogP contribution in [0.4, 0.5) is 0 Å². The molecule has 0 aliphatic carbocycles. The number of hydrogen-bond donors (Lipinski definition) is 0. The highest BCUT2D eigenvalue weighted by Gasteiger charge is 2.21. The molecule has 0 spiro atoms. The molecular formula is C30H22N2O2. The van der Waals surface area contributed by atoms with E-state index in [9.17, 15) is 4.79 Å². The van der Waals surface area contributed by atoms with Crippen molar-refractivity contribution in [2.24, 2.45) is 0 Å². The largest absolute Gasteiger partial charge is 0.496 e. The molecule has 0 aliphatic heterocycles. The van der Waals surface area contributed by atoms with Crippen LogP contribution in [0.3, 0.4) is 0 Å². The van der Waals surface area contributed by atoms with E-state index in [1.165, 1.54) is 0 Å². The van der Waals surface area contributed by atoms with Crippen LogP contribution in [0.2, 0.25) is 0 Å². The van der Waals surface area contributed by atoms with E-state index < -0.39 is 0 Å². The third-order valence-corrected chi connectivity index (χ3v) is 6.47. The highest BCUT2D eigenvalue weighted by molar-refractivity contribution is 6.02. The first-order valence-electron chi connectivity index (χ1n) is 11.2. The number of ether oxygens (including phenoxy) is 1. The van der Waals surface area contributed by atoms with Crippen molar-refractivity contribution in [3.8, 4) is 22.7 Å². The van der Waals surface area contributed by atoms with E-state index in [-0.39, 0.29) is 5.56 Å². The van der Waals surface area contributed by atoms with Gasteiger partial charge in [-0.15, -0.1) is 0 Å². The maximum atomic E-state index is 14.1. The molecule has 0 atom stereocenters. The van der Waals surface area contributed by atoms with Gasteiger partial charge in [0, 0.05) is 22.5 Å². The van der Waals surface area contributed by atoms with Crippen LogP contribution in [0.15, 0.2) is 102 Å². The van der Waals surface area contributed by atoms with Crippen LogP contribution in [0, 0.1) is 6.92 Å². The third kappa shape index (κ3) is 3.00. The first-order valence-corrected chi connectivity index (χ1v) is 11.2. The summed E-state index contributed by atoms with van der Waals surface area (Å²) in [6.07, 6.45) is 1.77. The molecule has 6 aromatic rings. The number of methoxy groups -OCH3 is 1. The summed E-state index contributed by atoms with van der Waals surface area (Å²) in [5.41, 5.74) is 4.14. The zero-order chi connectivity index (χ0) is 23.2. The SMILES string of the molecule is COc1ccc2ccccc2c1-c1cc2ccccc2c(=O)n1-c1c(C)ccc2cccnc12. The van der Waals surface area contributed by atoms with E-state index in [1.807, 2.05) is 84.3 Å². The molecule has 0 aliphatic rings. The molecule has 4 nitrogen and oxygen atoms in total. The van der Waals surface area contributed by atoms with Gasteiger partial charge in [-0.1, -0.05) is 66.7 Å². The van der Waals surface area contributed by atoms with Crippen molar-refractivity contribution in [2.45, 2.75) is 6.92 Å². The zero-order valence-electron chi connectivity index (χ0n) is 18.9. The van der Waals surface area contributed by atoms with Crippen LogP contribution in [0.5, 0.6) is 5.75 Å². The standard InChI is InChI=1S/C30H22N2O2/c1-19-13-14-21-10-7-17-31-28(21)29(19)32-25(18-22-9-4-6-12-24(22)30(32)33)27-23-11-5-3-8-20(23)15-16-26(27)34-2/h3-18H,1-2H3. The number of aryl methyl sites for hydroxylation is 1. The van der Waals surface area contributed by atoms with Crippen LogP contribution in [0.25, 0.3) is 49.4 Å². The van der Waals surface area contributed by atoms with E-state index >= 15 is 0 Å². The Morgan fingerprint density at radius 2 is 1.47 bits per heavy atom. The van der Waals surface area contributed by atoms with Crippen molar-refractivity contribution in [1.82, 2.24) is 9.55 Å². The van der Waals surface area contributed by atoms with E-state index in [0.29, 0.717) is 11.1 Å². The molecule has 0 unspecified atom stereocenters. The van der Waals surface area contributed by atoms with Gasteiger partial charge in [0.25, 0.3) is 5.56 Å². The number of fused-ring (bicyclic) bond motifs is 3. The van der Waals surface area contributed by atoms with Crippen molar-refractivity contribution >= 4 is 32.4 Å². The van der Waals surface area contributed by atoms with Crippen LogP contribution in [-0.2, 0) is 0 Å². The minimum absolute atomic E-state index is 0.0793. The predicted molar refractivity (Wildman–Crippen MR) is 139 cm³/mol. The van der Waals surface area contributed by atoms with Gasteiger partial charge in [0.2, 0.25) is 0 Å². The first-order chi connectivity index (χ1) is 16.7. The zero-order valence-corrected chi connectivity index (χ0v) is 18.9. The fourth-order valence-electron chi connectivity index (χ4n) is 4.86. The Morgan fingerprint density at radius 1 is 0.765 bits per heavy atom. The van der Waals surface area contributed by atoms with Crippen LogP contribution >= 0.6 is 0 Å². The van der Waals surface area contributed by atoms with E-state index in [4.69, 9.17) is 4.74 Å². The van der Waals surface area contributed by atoms with Crippen molar-refractivity contribution < 1.29 is 4.74 Å². The molecule has 0 N–H and O–H groups in total. The molecular weight excluding hydrogens is 420 g/mol. The minimum Gasteiger partial charge on any atom is -0.496 e. The molecule has 0 fully saturated rings. The molecule has 4 aromatic carbocycles. The van der Waals surface area contributed by atoms with Crippen LogP contribution < -0.4 is 10.3 Å². The van der Waals surface area contributed by atoms with E-state index in [0.717, 1.165) is 49.6 Å². The summed E-state index contributed by atoms with van der Waals surface area (Å²) < 4.78 is 7.65. The highest BCUT2D eigenvalue weighted by Crippen LogP contribution is 2.39. The second-order valence-corrected chi connectivity index (χ2v) is 8.43. The second kappa shape index (κ2) is 7.85. The summed E-state index contributed by atoms with van der Waals surface area (Å²) in [4.78, 5) is 18.8. The fraction of sp³-hybridized carbons (Fsp3) is 0.0667. The summed E-state index contributed by atoms with van der Waals surface area (Å²) in [6.45, 7) is 2.02. The van der Waals surface area contributed by atoms with Gasteiger partial charge in [-0.05, 0) is 52.9 Å². The Bertz CT molecular complexity index is 1780. The van der Waals surface area contributed by atoms with Gasteiger partial charge in [0.15, 0.2) is 0 Å².